The lowest BCUT2D eigenvalue weighted by Crippen LogP contribution is -2.59. The van der Waals surface area contributed by atoms with E-state index in [4.69, 9.17) is 0 Å². The van der Waals surface area contributed by atoms with Crippen molar-refractivity contribution in [1.29, 1.82) is 0 Å². The molecular formula is C11H5BrF10O2. The monoisotopic (exact) mass is 438 g/mol. The summed E-state index contributed by atoms with van der Waals surface area (Å²) >= 11 is 1.21. The lowest BCUT2D eigenvalue weighted by atomic mass is 10.3. The van der Waals surface area contributed by atoms with Gasteiger partial charge in [-0.2, -0.15) is 43.9 Å². The van der Waals surface area contributed by atoms with Gasteiger partial charge >= 0.3 is 29.1 Å². The predicted molar refractivity (Wildman–Crippen MR) is 61.8 cm³/mol. The summed E-state index contributed by atoms with van der Waals surface area (Å²) in [6, 6.07) is 5.12. The fourth-order valence-corrected chi connectivity index (χ4v) is 1.43. The van der Waals surface area contributed by atoms with E-state index in [1.807, 2.05) is 0 Å². The fraction of sp³-hybridized carbons (Fsp3) is 0.455. The zero-order chi connectivity index (χ0) is 19.0. The van der Waals surface area contributed by atoms with Crippen molar-refractivity contribution in [3.63, 3.8) is 0 Å². The Kier molecular flexibility index (Phi) is 5.41. The third-order valence-electron chi connectivity index (χ3n) is 2.31. The zero-order valence-electron chi connectivity index (χ0n) is 10.9. The molecule has 0 N–H and O–H groups in total. The van der Waals surface area contributed by atoms with Crippen LogP contribution in [-0.4, -0.2) is 29.1 Å². The molecule has 0 aromatic heterocycles. The summed E-state index contributed by atoms with van der Waals surface area (Å²) in [5.41, 5.74) is 0. The van der Waals surface area contributed by atoms with Gasteiger partial charge in [0, 0.05) is 0 Å². The predicted octanol–water partition coefficient (Wildman–Crippen LogP) is 5.48. The SMILES string of the molecule is FC(F)(F)C(F)(F)C(F)(F)OC(F)(Br)C(F)(F)Oc1ccccc1. The summed E-state index contributed by atoms with van der Waals surface area (Å²) in [6.45, 7) is 0. The van der Waals surface area contributed by atoms with E-state index < -0.39 is 34.8 Å². The van der Waals surface area contributed by atoms with Crippen molar-refractivity contribution < 1.29 is 53.4 Å². The fourth-order valence-electron chi connectivity index (χ4n) is 1.15. The number of alkyl halides is 11. The molecule has 0 heterocycles. The highest BCUT2D eigenvalue weighted by atomic mass is 79.9. The van der Waals surface area contributed by atoms with Gasteiger partial charge in [0.15, 0.2) is 0 Å². The molecule has 0 fully saturated rings. The van der Waals surface area contributed by atoms with Crippen LogP contribution in [-0.2, 0) is 4.74 Å². The smallest absolute Gasteiger partial charge is 0.428 e. The Morgan fingerprint density at radius 1 is 0.708 bits per heavy atom. The summed E-state index contributed by atoms with van der Waals surface area (Å²) in [6.07, 6.45) is -19.0. The van der Waals surface area contributed by atoms with Crippen LogP contribution in [0, 0.1) is 0 Å². The number of rotatable bonds is 6. The molecule has 0 bridgehead atoms. The minimum Gasteiger partial charge on any atom is -0.428 e. The van der Waals surface area contributed by atoms with Crippen LogP contribution >= 0.6 is 15.9 Å². The first-order valence-corrected chi connectivity index (χ1v) is 6.35. The highest BCUT2D eigenvalue weighted by Crippen LogP contribution is 2.52. The van der Waals surface area contributed by atoms with Gasteiger partial charge < -0.3 is 4.74 Å². The number of hydrogen-bond donors (Lipinski definition) is 0. The average molecular weight is 439 g/mol. The number of hydrogen-bond acceptors (Lipinski definition) is 2. The maximum Gasteiger partial charge on any atom is 0.471 e. The minimum absolute atomic E-state index is 0.805. The van der Waals surface area contributed by atoms with Gasteiger partial charge in [0.05, 0.1) is 0 Å². The van der Waals surface area contributed by atoms with E-state index in [-0.39, 0.29) is 0 Å². The van der Waals surface area contributed by atoms with Crippen LogP contribution < -0.4 is 4.74 Å². The van der Waals surface area contributed by atoms with Crippen LogP contribution in [0.15, 0.2) is 30.3 Å². The van der Waals surface area contributed by atoms with Gasteiger partial charge in [-0.15, -0.1) is 0 Å². The standard InChI is InChI=1S/C11H5BrF10O2/c12-8(15,11(21,22)23-6-4-2-1-3-5-6)24-10(19,20)7(13,14)9(16,17)18/h1-5H. The second-order valence-corrected chi connectivity index (χ2v) is 5.16. The van der Waals surface area contributed by atoms with Gasteiger partial charge in [-0.3, -0.25) is 4.74 Å². The van der Waals surface area contributed by atoms with E-state index in [0.29, 0.717) is 0 Å². The van der Waals surface area contributed by atoms with E-state index >= 15 is 0 Å². The van der Waals surface area contributed by atoms with Crippen molar-refractivity contribution in [2.75, 3.05) is 0 Å². The molecule has 24 heavy (non-hydrogen) atoms. The largest absolute Gasteiger partial charge is 0.471 e. The second kappa shape index (κ2) is 6.24. The molecule has 1 atom stereocenters. The lowest BCUT2D eigenvalue weighted by Gasteiger charge is -2.34. The van der Waals surface area contributed by atoms with Crippen LogP contribution in [0.3, 0.4) is 0 Å². The Bertz CT molecular complexity index is 558. The van der Waals surface area contributed by atoms with Gasteiger partial charge in [0.1, 0.15) is 5.75 Å². The normalized spacial score (nSPS) is 16.6. The minimum atomic E-state index is -6.95. The molecular weight excluding hydrogens is 434 g/mol. The Labute approximate surface area is 135 Å². The zero-order valence-corrected chi connectivity index (χ0v) is 12.4. The average Bonchev–Trinajstić information content (AvgIpc) is 2.36. The summed E-state index contributed by atoms with van der Waals surface area (Å²) < 4.78 is 128. The van der Waals surface area contributed by atoms with Crippen LogP contribution in [0.2, 0.25) is 0 Å². The number of halogens is 11. The molecule has 1 aromatic carbocycles. The summed E-state index contributed by atoms with van der Waals surface area (Å²) in [7, 11) is 0. The van der Waals surface area contributed by atoms with E-state index in [1.54, 1.807) is 0 Å². The van der Waals surface area contributed by atoms with E-state index in [9.17, 15) is 43.9 Å². The van der Waals surface area contributed by atoms with Crippen molar-refractivity contribution in [3.05, 3.63) is 30.3 Å². The number of para-hydroxylation sites is 1. The Morgan fingerprint density at radius 3 is 1.58 bits per heavy atom. The van der Waals surface area contributed by atoms with Crippen molar-refractivity contribution in [2.24, 2.45) is 0 Å². The van der Waals surface area contributed by atoms with Gasteiger partial charge in [0.25, 0.3) is 0 Å². The van der Waals surface area contributed by atoms with Crippen LogP contribution in [0.1, 0.15) is 0 Å². The quantitative estimate of drug-likeness (QED) is 0.432. The van der Waals surface area contributed by atoms with Crippen molar-refractivity contribution in [3.8, 4) is 5.75 Å². The van der Waals surface area contributed by atoms with Crippen molar-refractivity contribution >= 4 is 15.9 Å². The van der Waals surface area contributed by atoms with Crippen molar-refractivity contribution in [2.45, 2.75) is 29.1 Å². The summed E-state index contributed by atoms with van der Waals surface area (Å²) in [5, 5.41) is 0. The van der Waals surface area contributed by atoms with Crippen LogP contribution in [0.5, 0.6) is 5.75 Å². The van der Waals surface area contributed by atoms with Crippen LogP contribution in [0.25, 0.3) is 0 Å². The molecule has 0 spiro atoms. The first kappa shape index (κ1) is 20.8. The molecule has 138 valence electrons. The molecule has 0 saturated carbocycles. The Morgan fingerprint density at radius 2 is 1.17 bits per heavy atom. The maximum atomic E-state index is 13.6. The van der Waals surface area contributed by atoms with Gasteiger partial charge in [0.2, 0.25) is 0 Å². The molecule has 1 rings (SSSR count). The van der Waals surface area contributed by atoms with Gasteiger partial charge in [-0.25, -0.2) is 0 Å². The maximum absolute atomic E-state index is 13.6. The molecule has 0 radical (unpaired) electrons. The number of benzene rings is 1. The lowest BCUT2D eigenvalue weighted by molar-refractivity contribution is -0.466. The number of ether oxygens (including phenoxy) is 2. The molecule has 2 nitrogen and oxygen atoms in total. The van der Waals surface area contributed by atoms with E-state index in [1.165, 1.54) is 22.0 Å². The Hall–Kier alpha value is -1.24. The molecule has 0 aliphatic heterocycles. The van der Waals surface area contributed by atoms with Gasteiger partial charge in [-0.05, 0) is 28.1 Å². The van der Waals surface area contributed by atoms with Gasteiger partial charge in [-0.1, -0.05) is 18.2 Å². The highest BCUT2D eigenvalue weighted by molar-refractivity contribution is 9.10. The topological polar surface area (TPSA) is 18.5 Å². The summed E-state index contributed by atoms with van der Waals surface area (Å²) in [5.74, 6) is -7.76. The second-order valence-electron chi connectivity index (χ2n) is 4.14. The molecule has 0 aliphatic carbocycles. The molecule has 0 aliphatic rings. The molecule has 1 aromatic rings. The van der Waals surface area contributed by atoms with Crippen LogP contribution in [0.4, 0.5) is 43.9 Å². The molecule has 1 unspecified atom stereocenters. The highest BCUT2D eigenvalue weighted by Gasteiger charge is 2.78. The Balaban J connectivity index is 3.06. The third-order valence-corrected chi connectivity index (χ3v) is 2.93. The first-order chi connectivity index (χ1) is 10.5. The molecule has 13 heteroatoms. The molecule has 0 amide bonds. The van der Waals surface area contributed by atoms with Crippen molar-refractivity contribution in [1.82, 2.24) is 0 Å². The third kappa shape index (κ3) is 4.05. The van der Waals surface area contributed by atoms with E-state index in [2.05, 4.69) is 9.47 Å². The first-order valence-electron chi connectivity index (χ1n) is 5.56. The summed E-state index contributed by atoms with van der Waals surface area (Å²) in [4.78, 5) is 0. The molecule has 0 saturated heterocycles. The van der Waals surface area contributed by atoms with E-state index in [0.717, 1.165) is 24.3 Å².